The van der Waals surface area contributed by atoms with Gasteiger partial charge < -0.3 is 0 Å². The van der Waals surface area contributed by atoms with E-state index in [0.29, 0.717) is 11.6 Å². The molecule has 7 heteroatoms. The SMILES string of the molecule is O=S(=O)(c1cc(Cl)ccc1Cl)N1CCCC1c1cccs1. The molecule has 21 heavy (non-hydrogen) atoms. The molecule has 1 aromatic carbocycles. The molecule has 1 aliphatic heterocycles. The topological polar surface area (TPSA) is 37.4 Å². The second-order valence-corrected chi connectivity index (χ2v) is 8.55. The first-order valence-electron chi connectivity index (χ1n) is 6.50. The van der Waals surface area contributed by atoms with E-state index < -0.39 is 10.0 Å². The predicted molar refractivity (Wildman–Crippen MR) is 86.6 cm³/mol. The van der Waals surface area contributed by atoms with Gasteiger partial charge in [0, 0.05) is 16.4 Å². The number of hydrogen-bond donors (Lipinski definition) is 0. The highest BCUT2D eigenvalue weighted by atomic mass is 35.5. The minimum absolute atomic E-state index is 0.0834. The first kappa shape index (κ1) is 15.3. The molecule has 1 aliphatic rings. The fourth-order valence-electron chi connectivity index (χ4n) is 2.59. The molecule has 1 fully saturated rings. The first-order valence-corrected chi connectivity index (χ1v) is 9.58. The van der Waals surface area contributed by atoms with Gasteiger partial charge in [0.2, 0.25) is 10.0 Å². The lowest BCUT2D eigenvalue weighted by Crippen LogP contribution is -2.30. The van der Waals surface area contributed by atoms with Crippen molar-refractivity contribution < 1.29 is 8.42 Å². The van der Waals surface area contributed by atoms with E-state index in [4.69, 9.17) is 23.2 Å². The Kier molecular flexibility index (Phi) is 4.30. The summed E-state index contributed by atoms with van der Waals surface area (Å²) >= 11 is 13.6. The van der Waals surface area contributed by atoms with Crippen molar-refractivity contribution in [3.63, 3.8) is 0 Å². The predicted octanol–water partition coefficient (Wildman–Crippen LogP) is 4.58. The van der Waals surface area contributed by atoms with Crippen LogP contribution in [0.4, 0.5) is 0 Å². The normalized spacial score (nSPS) is 20.0. The van der Waals surface area contributed by atoms with E-state index in [9.17, 15) is 8.42 Å². The summed E-state index contributed by atoms with van der Waals surface area (Å²) in [5, 5.41) is 2.53. The summed E-state index contributed by atoms with van der Waals surface area (Å²) < 4.78 is 27.3. The van der Waals surface area contributed by atoms with Crippen LogP contribution in [0.2, 0.25) is 10.0 Å². The molecular weight excluding hydrogens is 349 g/mol. The molecule has 0 aliphatic carbocycles. The van der Waals surface area contributed by atoms with Crippen LogP contribution in [0.15, 0.2) is 40.6 Å². The van der Waals surface area contributed by atoms with E-state index in [-0.39, 0.29) is 16.0 Å². The second kappa shape index (κ2) is 5.89. The zero-order chi connectivity index (χ0) is 15.0. The molecule has 3 rings (SSSR count). The summed E-state index contributed by atoms with van der Waals surface area (Å²) in [5.74, 6) is 0. The van der Waals surface area contributed by atoms with Crippen LogP contribution in [0.5, 0.6) is 0 Å². The Hall–Kier alpha value is -0.590. The molecule has 112 valence electrons. The smallest absolute Gasteiger partial charge is 0.207 e. The molecule has 2 aromatic rings. The standard InChI is InChI=1S/C14H13Cl2NO2S2/c15-10-5-6-11(16)14(9-10)21(18,19)17-7-1-3-12(17)13-4-2-8-20-13/h2,4-6,8-9,12H,1,3,7H2. The van der Waals surface area contributed by atoms with Gasteiger partial charge in [-0.25, -0.2) is 8.42 Å². The van der Waals surface area contributed by atoms with Crippen LogP contribution in [0.3, 0.4) is 0 Å². The van der Waals surface area contributed by atoms with Crippen LogP contribution in [0.1, 0.15) is 23.8 Å². The minimum atomic E-state index is -3.64. The van der Waals surface area contributed by atoms with Crippen molar-refractivity contribution in [2.75, 3.05) is 6.54 Å². The lowest BCUT2D eigenvalue weighted by molar-refractivity contribution is 0.401. The van der Waals surface area contributed by atoms with Crippen molar-refractivity contribution in [3.05, 3.63) is 50.6 Å². The largest absolute Gasteiger partial charge is 0.245 e. The third-order valence-corrected chi connectivity index (χ3v) is 7.15. The Morgan fingerprint density at radius 3 is 2.76 bits per heavy atom. The average molecular weight is 362 g/mol. The molecule has 0 bridgehead atoms. The molecule has 3 nitrogen and oxygen atoms in total. The van der Waals surface area contributed by atoms with Crippen LogP contribution < -0.4 is 0 Å². The fourth-order valence-corrected chi connectivity index (χ4v) is 5.95. The van der Waals surface area contributed by atoms with Crippen molar-refractivity contribution in [3.8, 4) is 0 Å². The fraction of sp³-hybridized carbons (Fsp3) is 0.286. The highest BCUT2D eigenvalue weighted by Crippen LogP contribution is 2.40. The third kappa shape index (κ3) is 2.85. The van der Waals surface area contributed by atoms with Gasteiger partial charge in [-0.3, -0.25) is 0 Å². The second-order valence-electron chi connectivity index (χ2n) is 4.86. The van der Waals surface area contributed by atoms with Gasteiger partial charge in [0.15, 0.2) is 0 Å². The summed E-state index contributed by atoms with van der Waals surface area (Å²) in [7, 11) is -3.64. The molecule has 1 unspecified atom stereocenters. The first-order chi connectivity index (χ1) is 10.00. The van der Waals surface area contributed by atoms with E-state index in [0.717, 1.165) is 17.7 Å². The van der Waals surface area contributed by atoms with Gasteiger partial charge in [-0.05, 0) is 42.5 Å². The Morgan fingerprint density at radius 1 is 1.24 bits per heavy atom. The number of hydrogen-bond acceptors (Lipinski definition) is 3. The van der Waals surface area contributed by atoms with Crippen LogP contribution in [-0.2, 0) is 10.0 Å². The van der Waals surface area contributed by atoms with E-state index >= 15 is 0 Å². The minimum Gasteiger partial charge on any atom is -0.207 e. The number of halogens is 2. The Labute approximate surface area is 138 Å². The number of rotatable bonds is 3. The van der Waals surface area contributed by atoms with E-state index in [1.54, 1.807) is 17.4 Å². The van der Waals surface area contributed by atoms with Crippen LogP contribution in [-0.4, -0.2) is 19.3 Å². The molecule has 0 N–H and O–H groups in total. The summed E-state index contributed by atoms with van der Waals surface area (Å²) in [6, 6.07) is 8.34. The Morgan fingerprint density at radius 2 is 2.05 bits per heavy atom. The maximum Gasteiger partial charge on any atom is 0.245 e. The summed E-state index contributed by atoms with van der Waals surface area (Å²) in [6.07, 6.45) is 1.68. The number of benzene rings is 1. The number of sulfonamides is 1. The van der Waals surface area contributed by atoms with Gasteiger partial charge in [-0.1, -0.05) is 29.3 Å². The van der Waals surface area contributed by atoms with Crippen molar-refractivity contribution in [2.45, 2.75) is 23.8 Å². The summed E-state index contributed by atoms with van der Waals surface area (Å²) in [5.41, 5.74) is 0. The van der Waals surface area contributed by atoms with Gasteiger partial charge >= 0.3 is 0 Å². The van der Waals surface area contributed by atoms with Crippen molar-refractivity contribution in [1.29, 1.82) is 0 Å². The quantitative estimate of drug-likeness (QED) is 0.801. The van der Waals surface area contributed by atoms with Crippen LogP contribution >= 0.6 is 34.5 Å². The van der Waals surface area contributed by atoms with Gasteiger partial charge in [0.25, 0.3) is 0 Å². The maximum absolute atomic E-state index is 12.9. The van der Waals surface area contributed by atoms with E-state index in [1.807, 2.05) is 17.5 Å². The Bertz CT molecular complexity index is 744. The van der Waals surface area contributed by atoms with Crippen molar-refractivity contribution >= 4 is 44.6 Å². The molecular formula is C14H13Cl2NO2S2. The van der Waals surface area contributed by atoms with Crippen LogP contribution in [0, 0.1) is 0 Å². The molecule has 1 aromatic heterocycles. The number of nitrogens with zero attached hydrogens (tertiary/aromatic N) is 1. The van der Waals surface area contributed by atoms with Gasteiger partial charge in [-0.2, -0.15) is 4.31 Å². The molecule has 0 spiro atoms. The van der Waals surface area contributed by atoms with Gasteiger partial charge in [0.05, 0.1) is 11.1 Å². The highest BCUT2D eigenvalue weighted by molar-refractivity contribution is 7.89. The molecule has 2 heterocycles. The van der Waals surface area contributed by atoms with Gasteiger partial charge in [0.1, 0.15) is 4.90 Å². The lowest BCUT2D eigenvalue weighted by atomic mass is 10.2. The molecule has 0 saturated carbocycles. The van der Waals surface area contributed by atoms with E-state index in [1.165, 1.54) is 16.4 Å². The maximum atomic E-state index is 12.9. The molecule has 1 saturated heterocycles. The van der Waals surface area contributed by atoms with E-state index in [2.05, 4.69) is 0 Å². The van der Waals surface area contributed by atoms with Crippen LogP contribution in [0.25, 0.3) is 0 Å². The molecule has 0 amide bonds. The highest BCUT2D eigenvalue weighted by Gasteiger charge is 2.37. The summed E-state index contributed by atoms with van der Waals surface area (Å²) in [6.45, 7) is 0.508. The zero-order valence-corrected chi connectivity index (χ0v) is 14.1. The average Bonchev–Trinajstić information content (AvgIpc) is 3.10. The Balaban J connectivity index is 2.03. The molecule has 0 radical (unpaired) electrons. The monoisotopic (exact) mass is 361 g/mol. The zero-order valence-electron chi connectivity index (χ0n) is 11.0. The van der Waals surface area contributed by atoms with Crippen molar-refractivity contribution in [1.82, 2.24) is 4.31 Å². The van der Waals surface area contributed by atoms with Gasteiger partial charge in [-0.15, -0.1) is 11.3 Å². The molecule has 1 atom stereocenters. The number of thiophene rings is 1. The third-order valence-electron chi connectivity index (χ3n) is 3.56. The van der Waals surface area contributed by atoms with Crippen molar-refractivity contribution in [2.24, 2.45) is 0 Å². The summed E-state index contributed by atoms with van der Waals surface area (Å²) in [4.78, 5) is 1.15. The lowest BCUT2D eigenvalue weighted by Gasteiger charge is -2.23.